The number of hydrogen-bond acceptors (Lipinski definition) is 5. The molecule has 8 nitrogen and oxygen atoms in total. The van der Waals surface area contributed by atoms with Crippen LogP contribution in [0.5, 0.6) is 5.75 Å². The van der Waals surface area contributed by atoms with Gasteiger partial charge in [-0.05, 0) is 37.3 Å². The predicted molar refractivity (Wildman–Crippen MR) is 109 cm³/mol. The second-order valence-corrected chi connectivity index (χ2v) is 6.63. The predicted octanol–water partition coefficient (Wildman–Crippen LogP) is 3.68. The molecule has 2 heterocycles. The average molecular weight is 409 g/mol. The number of anilines is 1. The Hall–Kier alpha value is -3.65. The molecule has 0 saturated carbocycles. The molecule has 29 heavy (non-hydrogen) atoms. The third kappa shape index (κ3) is 3.70. The first-order chi connectivity index (χ1) is 14.1. The average Bonchev–Trinajstić information content (AvgIpc) is 3.38. The molecule has 4 aromatic rings. The molecule has 0 spiro atoms. The van der Waals surface area contributed by atoms with Crippen LogP contribution in [0.3, 0.4) is 0 Å². The number of halogens is 1. The minimum Gasteiger partial charge on any atom is -0.497 e. The minimum atomic E-state index is -0.372. The SMILES string of the molecule is COc1cccc(-n2nnc(C(=O)Nc3ccc(-n4ccnc4)c(Cl)c3)c2C)c1. The maximum atomic E-state index is 12.7. The molecule has 1 N–H and O–H groups in total. The lowest BCUT2D eigenvalue weighted by molar-refractivity contribution is 0.102. The van der Waals surface area contributed by atoms with Gasteiger partial charge in [-0.15, -0.1) is 5.10 Å². The summed E-state index contributed by atoms with van der Waals surface area (Å²) in [5.74, 6) is 0.319. The van der Waals surface area contributed by atoms with E-state index in [4.69, 9.17) is 16.3 Å². The Bertz CT molecular complexity index is 1170. The molecule has 0 atom stereocenters. The van der Waals surface area contributed by atoms with Crippen LogP contribution in [0.4, 0.5) is 5.69 Å². The Kier molecular flexibility index (Phi) is 5.01. The van der Waals surface area contributed by atoms with Crippen molar-refractivity contribution < 1.29 is 9.53 Å². The monoisotopic (exact) mass is 408 g/mol. The molecule has 1 amide bonds. The Balaban J connectivity index is 1.56. The van der Waals surface area contributed by atoms with Gasteiger partial charge in [-0.3, -0.25) is 4.79 Å². The van der Waals surface area contributed by atoms with E-state index >= 15 is 0 Å². The number of benzene rings is 2. The fourth-order valence-corrected chi connectivity index (χ4v) is 3.19. The van der Waals surface area contributed by atoms with Gasteiger partial charge in [0, 0.05) is 24.1 Å². The quantitative estimate of drug-likeness (QED) is 0.544. The zero-order valence-electron chi connectivity index (χ0n) is 15.7. The number of carbonyl (C=O) groups excluding carboxylic acids is 1. The van der Waals surface area contributed by atoms with E-state index in [-0.39, 0.29) is 11.6 Å². The van der Waals surface area contributed by atoms with Crippen molar-refractivity contribution in [3.63, 3.8) is 0 Å². The number of aromatic nitrogens is 5. The highest BCUT2D eigenvalue weighted by atomic mass is 35.5. The van der Waals surface area contributed by atoms with Crippen LogP contribution in [0, 0.1) is 6.92 Å². The summed E-state index contributed by atoms with van der Waals surface area (Å²) < 4.78 is 8.62. The van der Waals surface area contributed by atoms with Gasteiger partial charge in [0.1, 0.15) is 5.75 Å². The molecule has 0 aliphatic carbocycles. The minimum absolute atomic E-state index is 0.225. The molecule has 0 fully saturated rings. The molecule has 2 aromatic carbocycles. The van der Waals surface area contributed by atoms with Gasteiger partial charge in [0.15, 0.2) is 5.69 Å². The summed E-state index contributed by atoms with van der Waals surface area (Å²) in [5.41, 5.74) is 2.90. The first-order valence-corrected chi connectivity index (χ1v) is 9.10. The standard InChI is InChI=1S/C20H17ClN6O2/c1-13-19(24-25-27(13)15-4-3-5-16(11-15)29-2)20(28)23-14-6-7-18(17(21)10-14)26-9-8-22-12-26/h3-12H,1-2H3,(H,23,28). The van der Waals surface area contributed by atoms with Crippen molar-refractivity contribution in [1.29, 1.82) is 0 Å². The Morgan fingerprint density at radius 3 is 2.79 bits per heavy atom. The normalized spacial score (nSPS) is 10.7. The molecule has 0 unspecified atom stereocenters. The van der Waals surface area contributed by atoms with E-state index in [2.05, 4.69) is 20.6 Å². The number of rotatable bonds is 5. The first-order valence-electron chi connectivity index (χ1n) is 8.73. The lowest BCUT2D eigenvalue weighted by Gasteiger charge is -2.09. The van der Waals surface area contributed by atoms with Crippen molar-refractivity contribution >= 4 is 23.2 Å². The molecular formula is C20H17ClN6O2. The summed E-state index contributed by atoms with van der Waals surface area (Å²) in [6.07, 6.45) is 5.11. The van der Waals surface area contributed by atoms with Crippen LogP contribution < -0.4 is 10.1 Å². The van der Waals surface area contributed by atoms with Gasteiger partial charge < -0.3 is 14.6 Å². The van der Waals surface area contributed by atoms with Gasteiger partial charge in [-0.1, -0.05) is 22.9 Å². The number of methoxy groups -OCH3 is 1. The van der Waals surface area contributed by atoms with Crippen LogP contribution >= 0.6 is 11.6 Å². The molecule has 4 rings (SSSR count). The van der Waals surface area contributed by atoms with Gasteiger partial charge in [0.2, 0.25) is 0 Å². The zero-order valence-corrected chi connectivity index (χ0v) is 16.5. The number of amides is 1. The van der Waals surface area contributed by atoms with Crippen LogP contribution in [0.25, 0.3) is 11.4 Å². The lowest BCUT2D eigenvalue weighted by atomic mass is 10.2. The molecule has 0 aliphatic rings. The number of imidazole rings is 1. The molecule has 2 aromatic heterocycles. The topological polar surface area (TPSA) is 86.9 Å². The number of nitrogens with zero attached hydrogens (tertiary/aromatic N) is 5. The van der Waals surface area contributed by atoms with Gasteiger partial charge in [-0.2, -0.15) is 0 Å². The zero-order chi connectivity index (χ0) is 20.4. The lowest BCUT2D eigenvalue weighted by Crippen LogP contribution is -2.14. The van der Waals surface area contributed by atoms with E-state index in [1.54, 1.807) is 60.2 Å². The van der Waals surface area contributed by atoms with Crippen LogP contribution in [0.1, 0.15) is 16.2 Å². The number of hydrogen-bond donors (Lipinski definition) is 1. The third-order valence-electron chi connectivity index (χ3n) is 4.40. The highest BCUT2D eigenvalue weighted by Crippen LogP contribution is 2.25. The van der Waals surface area contributed by atoms with E-state index in [9.17, 15) is 4.79 Å². The Morgan fingerprint density at radius 2 is 2.07 bits per heavy atom. The largest absolute Gasteiger partial charge is 0.497 e. The number of ether oxygens (including phenoxy) is 1. The molecule has 0 aliphatic heterocycles. The summed E-state index contributed by atoms with van der Waals surface area (Å²) in [6.45, 7) is 1.78. The summed E-state index contributed by atoms with van der Waals surface area (Å²) >= 11 is 6.35. The summed E-state index contributed by atoms with van der Waals surface area (Å²) in [7, 11) is 1.59. The van der Waals surface area contributed by atoms with Crippen LogP contribution in [-0.2, 0) is 0 Å². The highest BCUT2D eigenvalue weighted by Gasteiger charge is 2.18. The summed E-state index contributed by atoms with van der Waals surface area (Å²) in [4.78, 5) is 16.7. The van der Waals surface area contributed by atoms with Gasteiger partial charge in [0.05, 0.1) is 35.5 Å². The number of nitrogens with one attached hydrogen (secondary N) is 1. The fourth-order valence-electron chi connectivity index (χ4n) is 2.91. The summed E-state index contributed by atoms with van der Waals surface area (Å²) in [5, 5.41) is 11.4. The van der Waals surface area contributed by atoms with Gasteiger partial charge in [-0.25, -0.2) is 9.67 Å². The molecule has 0 radical (unpaired) electrons. The molecule has 0 saturated heterocycles. The van der Waals surface area contributed by atoms with Crippen molar-refractivity contribution in [2.24, 2.45) is 0 Å². The Labute approximate surface area is 171 Å². The smallest absolute Gasteiger partial charge is 0.278 e. The summed E-state index contributed by atoms with van der Waals surface area (Å²) in [6, 6.07) is 12.6. The molecule has 9 heteroatoms. The van der Waals surface area contributed by atoms with Crippen molar-refractivity contribution in [2.75, 3.05) is 12.4 Å². The fraction of sp³-hybridized carbons (Fsp3) is 0.100. The van der Waals surface area contributed by atoms with Gasteiger partial charge >= 0.3 is 0 Å². The van der Waals surface area contributed by atoms with Crippen LogP contribution in [-0.4, -0.2) is 37.6 Å². The molecule has 146 valence electrons. The van der Waals surface area contributed by atoms with Crippen LogP contribution in [0.15, 0.2) is 61.2 Å². The van der Waals surface area contributed by atoms with E-state index in [0.29, 0.717) is 22.2 Å². The second-order valence-electron chi connectivity index (χ2n) is 6.23. The number of carbonyl (C=O) groups is 1. The van der Waals surface area contributed by atoms with Crippen molar-refractivity contribution in [3.05, 3.63) is 77.6 Å². The van der Waals surface area contributed by atoms with E-state index in [1.165, 1.54) is 0 Å². The molecular weight excluding hydrogens is 392 g/mol. The first kappa shape index (κ1) is 18.7. The van der Waals surface area contributed by atoms with Gasteiger partial charge in [0.25, 0.3) is 5.91 Å². The van der Waals surface area contributed by atoms with E-state index < -0.39 is 0 Å². The maximum absolute atomic E-state index is 12.7. The molecule has 0 bridgehead atoms. The second kappa shape index (κ2) is 7.76. The van der Waals surface area contributed by atoms with Crippen molar-refractivity contribution in [1.82, 2.24) is 24.5 Å². The van der Waals surface area contributed by atoms with E-state index in [1.807, 2.05) is 24.3 Å². The van der Waals surface area contributed by atoms with Crippen molar-refractivity contribution in [3.8, 4) is 17.1 Å². The maximum Gasteiger partial charge on any atom is 0.278 e. The highest BCUT2D eigenvalue weighted by molar-refractivity contribution is 6.32. The van der Waals surface area contributed by atoms with Crippen molar-refractivity contribution in [2.45, 2.75) is 6.92 Å². The third-order valence-corrected chi connectivity index (χ3v) is 4.70. The van der Waals surface area contributed by atoms with Crippen LogP contribution in [0.2, 0.25) is 5.02 Å². The van der Waals surface area contributed by atoms with E-state index in [0.717, 1.165) is 11.4 Å². The Morgan fingerprint density at radius 1 is 1.21 bits per heavy atom.